The lowest BCUT2D eigenvalue weighted by molar-refractivity contribution is 0.135. The van der Waals surface area contributed by atoms with Gasteiger partial charge in [-0.25, -0.2) is 4.98 Å². The van der Waals surface area contributed by atoms with Crippen LogP contribution in [0.5, 0.6) is 0 Å². The van der Waals surface area contributed by atoms with E-state index in [2.05, 4.69) is 36.8 Å². The maximum atomic E-state index is 8.93. The predicted octanol–water partition coefficient (Wildman–Crippen LogP) is 2.83. The normalized spacial score (nSPS) is 23.9. The van der Waals surface area contributed by atoms with Gasteiger partial charge in [-0.3, -0.25) is 14.4 Å². The third kappa shape index (κ3) is 3.40. The largest absolute Gasteiger partial charge is 0.352 e. The lowest BCUT2D eigenvalue weighted by Gasteiger charge is -2.38. The van der Waals surface area contributed by atoms with Crippen LogP contribution in [0.15, 0.2) is 24.5 Å². The summed E-state index contributed by atoms with van der Waals surface area (Å²) < 4.78 is 1.99. The van der Waals surface area contributed by atoms with Gasteiger partial charge in [0.1, 0.15) is 0 Å². The van der Waals surface area contributed by atoms with E-state index in [1.807, 2.05) is 29.7 Å². The number of nitrogens with zero attached hydrogens (tertiary/aromatic N) is 6. The number of hydrogen-bond acceptors (Lipinski definition) is 7. The summed E-state index contributed by atoms with van der Waals surface area (Å²) in [5, 5.41) is 23.0. The molecule has 29 heavy (non-hydrogen) atoms. The van der Waals surface area contributed by atoms with Gasteiger partial charge in [0.15, 0.2) is 17.3 Å². The van der Waals surface area contributed by atoms with Crippen molar-refractivity contribution in [3.8, 4) is 6.07 Å². The van der Waals surface area contributed by atoms with Gasteiger partial charge in [0.2, 0.25) is 5.95 Å². The molecule has 150 valence electrons. The van der Waals surface area contributed by atoms with Crippen molar-refractivity contribution in [2.75, 3.05) is 17.2 Å². The van der Waals surface area contributed by atoms with Gasteiger partial charge >= 0.3 is 0 Å². The Morgan fingerprint density at radius 1 is 1.31 bits per heavy atom. The fourth-order valence-electron chi connectivity index (χ4n) is 4.83. The first-order chi connectivity index (χ1) is 14.2. The van der Waals surface area contributed by atoms with Crippen LogP contribution in [0.4, 0.5) is 17.6 Å². The van der Waals surface area contributed by atoms with Crippen LogP contribution < -0.4 is 10.6 Å². The van der Waals surface area contributed by atoms with E-state index in [1.165, 1.54) is 12.8 Å². The van der Waals surface area contributed by atoms with Crippen LogP contribution in [0.3, 0.4) is 0 Å². The van der Waals surface area contributed by atoms with E-state index in [4.69, 9.17) is 10.2 Å². The van der Waals surface area contributed by atoms with Crippen molar-refractivity contribution in [3.05, 3.63) is 30.2 Å². The van der Waals surface area contributed by atoms with E-state index < -0.39 is 0 Å². The van der Waals surface area contributed by atoms with E-state index in [0.29, 0.717) is 30.4 Å². The molecule has 0 radical (unpaired) electrons. The highest BCUT2D eigenvalue weighted by Crippen LogP contribution is 2.37. The number of aromatic amines is 1. The lowest BCUT2D eigenvalue weighted by Crippen LogP contribution is -2.47. The Balaban J connectivity index is 1.36. The monoisotopic (exact) mass is 391 g/mol. The summed E-state index contributed by atoms with van der Waals surface area (Å²) in [6.45, 7) is 2.86. The number of hydrogen-bond donors (Lipinski definition) is 3. The molecular weight excluding hydrogens is 366 g/mol. The zero-order chi connectivity index (χ0) is 19.8. The molecule has 0 spiro atoms. The molecular formula is C20H25N9. The predicted molar refractivity (Wildman–Crippen MR) is 110 cm³/mol. The van der Waals surface area contributed by atoms with Crippen molar-refractivity contribution < 1.29 is 0 Å². The molecule has 5 heterocycles. The van der Waals surface area contributed by atoms with Crippen molar-refractivity contribution in [3.63, 3.8) is 0 Å². The number of piperidine rings is 1. The number of nitrogens with one attached hydrogen (secondary N) is 3. The average Bonchev–Trinajstić information content (AvgIpc) is 3.35. The number of aromatic nitrogens is 5. The van der Waals surface area contributed by atoms with Crippen molar-refractivity contribution in [1.29, 1.82) is 5.26 Å². The van der Waals surface area contributed by atoms with Crippen molar-refractivity contribution in [2.24, 2.45) is 0 Å². The number of imidazole rings is 1. The summed E-state index contributed by atoms with van der Waals surface area (Å²) in [6.07, 6.45) is 8.98. The fourth-order valence-corrected chi connectivity index (χ4v) is 4.83. The summed E-state index contributed by atoms with van der Waals surface area (Å²) in [6, 6.07) is 7.64. The minimum Gasteiger partial charge on any atom is -0.352 e. The minimum atomic E-state index is 0.372. The van der Waals surface area contributed by atoms with Crippen LogP contribution in [-0.4, -0.2) is 54.1 Å². The molecule has 3 N–H and O–H groups in total. The van der Waals surface area contributed by atoms with E-state index in [9.17, 15) is 0 Å². The third-order valence-corrected chi connectivity index (χ3v) is 6.06. The fraction of sp³-hybridized carbons (Fsp3) is 0.500. The summed E-state index contributed by atoms with van der Waals surface area (Å²) in [4.78, 5) is 11.8. The van der Waals surface area contributed by atoms with Gasteiger partial charge in [-0.2, -0.15) is 15.3 Å². The zero-order valence-corrected chi connectivity index (χ0v) is 16.5. The Kier molecular flexibility index (Phi) is 4.56. The van der Waals surface area contributed by atoms with E-state index in [-0.39, 0.29) is 0 Å². The first kappa shape index (κ1) is 17.9. The molecule has 0 aromatic carbocycles. The second kappa shape index (κ2) is 7.37. The second-order valence-corrected chi connectivity index (χ2v) is 8.00. The van der Waals surface area contributed by atoms with E-state index in [0.717, 1.165) is 42.5 Å². The number of nitriles is 1. The smallest absolute Gasteiger partial charge is 0.211 e. The van der Waals surface area contributed by atoms with Crippen molar-refractivity contribution >= 4 is 23.2 Å². The molecule has 3 atom stereocenters. The highest BCUT2D eigenvalue weighted by molar-refractivity contribution is 5.72. The number of anilines is 3. The molecule has 3 aromatic heterocycles. The van der Waals surface area contributed by atoms with Gasteiger partial charge in [0.25, 0.3) is 0 Å². The Labute approximate surface area is 169 Å². The van der Waals surface area contributed by atoms with Gasteiger partial charge < -0.3 is 10.6 Å². The Morgan fingerprint density at radius 2 is 2.14 bits per heavy atom. The quantitative estimate of drug-likeness (QED) is 0.593. The summed E-state index contributed by atoms with van der Waals surface area (Å²) in [7, 11) is 0. The average molecular weight is 391 g/mol. The molecule has 2 aliphatic rings. The topological polar surface area (TPSA) is 110 Å². The molecule has 5 rings (SSSR count). The highest BCUT2D eigenvalue weighted by Gasteiger charge is 2.40. The molecule has 3 aromatic rings. The van der Waals surface area contributed by atoms with Gasteiger partial charge in [0.05, 0.1) is 6.07 Å². The van der Waals surface area contributed by atoms with Gasteiger partial charge in [-0.1, -0.05) is 0 Å². The number of rotatable bonds is 6. The van der Waals surface area contributed by atoms with Crippen LogP contribution in [0, 0.1) is 18.3 Å². The molecule has 2 bridgehead atoms. The maximum Gasteiger partial charge on any atom is 0.211 e. The summed E-state index contributed by atoms with van der Waals surface area (Å²) in [5.41, 5.74) is 1.76. The van der Waals surface area contributed by atoms with Crippen LogP contribution in [0.1, 0.15) is 37.8 Å². The summed E-state index contributed by atoms with van der Waals surface area (Å²) in [5.74, 6) is 2.22. The third-order valence-electron chi connectivity index (χ3n) is 6.06. The molecule has 0 saturated carbocycles. The minimum absolute atomic E-state index is 0.372. The first-order valence-corrected chi connectivity index (χ1v) is 10.2. The van der Waals surface area contributed by atoms with Crippen LogP contribution in [-0.2, 0) is 0 Å². The van der Waals surface area contributed by atoms with Crippen LogP contribution in [0.2, 0.25) is 0 Å². The Morgan fingerprint density at radius 3 is 2.86 bits per heavy atom. The Bertz CT molecular complexity index is 1030. The van der Waals surface area contributed by atoms with Crippen molar-refractivity contribution in [2.45, 2.75) is 57.2 Å². The number of fused-ring (bicyclic) bond motifs is 3. The maximum absolute atomic E-state index is 8.93. The van der Waals surface area contributed by atoms with E-state index >= 15 is 0 Å². The SMILES string of the molecule is Cc1cc(Nc2nc(NC3C[C@H]4CC[C@@H](C3)N4CCC#N)n3cccnc23)n[nH]1. The molecule has 0 amide bonds. The first-order valence-electron chi connectivity index (χ1n) is 10.2. The number of aryl methyl sites for hydroxylation is 1. The second-order valence-electron chi connectivity index (χ2n) is 8.00. The van der Waals surface area contributed by atoms with Crippen molar-refractivity contribution in [1.82, 2.24) is 29.5 Å². The molecule has 2 aliphatic heterocycles. The summed E-state index contributed by atoms with van der Waals surface area (Å²) >= 11 is 0. The standard InChI is InChI=1S/C20H25N9/c1-13-10-17(27-26-13)24-18-19-22-7-3-9-29(19)20(25-18)23-14-11-15-4-5-16(12-14)28(15)8-2-6-21/h3,7,9-10,14-16H,2,4-5,8,11-12H2,1H3,(H,23,25)(H2,24,26,27)/t14?,15-,16+. The van der Waals surface area contributed by atoms with Gasteiger partial charge in [0, 0.05) is 55.2 Å². The Hall–Kier alpha value is -3.12. The molecule has 1 unspecified atom stereocenters. The molecule has 9 heteroatoms. The molecule has 0 aliphatic carbocycles. The van der Waals surface area contributed by atoms with E-state index in [1.54, 1.807) is 6.20 Å². The molecule has 9 nitrogen and oxygen atoms in total. The molecule has 2 fully saturated rings. The molecule has 2 saturated heterocycles. The van der Waals surface area contributed by atoms with Crippen LogP contribution >= 0.6 is 0 Å². The van der Waals surface area contributed by atoms with Crippen LogP contribution in [0.25, 0.3) is 5.65 Å². The number of H-pyrrole nitrogens is 1. The lowest BCUT2D eigenvalue weighted by atomic mass is 9.97. The zero-order valence-electron chi connectivity index (χ0n) is 16.5. The van der Waals surface area contributed by atoms with Gasteiger partial charge in [-0.05, 0) is 38.7 Å². The van der Waals surface area contributed by atoms with Gasteiger partial charge in [-0.15, -0.1) is 0 Å². The highest BCUT2D eigenvalue weighted by atomic mass is 15.3.